The van der Waals surface area contributed by atoms with Crippen LogP contribution in [0.2, 0.25) is 0 Å². The highest BCUT2D eigenvalue weighted by molar-refractivity contribution is 5.46. The van der Waals surface area contributed by atoms with Gasteiger partial charge < -0.3 is 19.9 Å². The van der Waals surface area contributed by atoms with Crippen LogP contribution in [0.15, 0.2) is 24.3 Å². The molecule has 1 atom stereocenters. The molecule has 0 aliphatic heterocycles. The van der Waals surface area contributed by atoms with Crippen molar-refractivity contribution in [3.8, 4) is 0 Å². The molecule has 4 heteroatoms. The molecule has 0 spiro atoms. The standard InChI is InChI=1S/C16H27NO3/c1-4-19-8-9-20-12-16(18)11-17-15-7-5-6-14(10-15)13(2)3/h5-7,10,13,16-18H,4,8-9,11-12H2,1-3H3. The largest absolute Gasteiger partial charge is 0.389 e. The van der Waals surface area contributed by atoms with Gasteiger partial charge in [0.2, 0.25) is 0 Å². The summed E-state index contributed by atoms with van der Waals surface area (Å²) < 4.78 is 10.5. The van der Waals surface area contributed by atoms with Gasteiger partial charge in [0.1, 0.15) is 0 Å². The Bertz CT molecular complexity index is 368. The second-order valence-corrected chi connectivity index (χ2v) is 5.09. The molecule has 0 aliphatic carbocycles. The van der Waals surface area contributed by atoms with Crippen LogP contribution >= 0.6 is 0 Å². The van der Waals surface area contributed by atoms with Crippen LogP contribution in [0.25, 0.3) is 0 Å². The Kier molecular flexibility index (Phi) is 8.26. The molecule has 1 rings (SSSR count). The number of hydrogen-bond acceptors (Lipinski definition) is 4. The summed E-state index contributed by atoms with van der Waals surface area (Å²) in [6, 6.07) is 8.27. The number of benzene rings is 1. The lowest BCUT2D eigenvalue weighted by Crippen LogP contribution is -2.25. The van der Waals surface area contributed by atoms with Crippen LogP contribution in [0, 0.1) is 0 Å². The molecular formula is C16H27NO3. The fourth-order valence-corrected chi connectivity index (χ4v) is 1.78. The van der Waals surface area contributed by atoms with E-state index in [0.717, 1.165) is 5.69 Å². The van der Waals surface area contributed by atoms with Gasteiger partial charge in [-0.15, -0.1) is 0 Å². The third-order valence-electron chi connectivity index (χ3n) is 2.98. The van der Waals surface area contributed by atoms with Crippen LogP contribution in [0.4, 0.5) is 5.69 Å². The predicted octanol–water partition coefficient (Wildman–Crippen LogP) is 2.64. The molecule has 0 heterocycles. The Morgan fingerprint density at radius 3 is 2.65 bits per heavy atom. The third-order valence-corrected chi connectivity index (χ3v) is 2.98. The molecule has 0 saturated heterocycles. The van der Waals surface area contributed by atoms with E-state index in [2.05, 4.69) is 31.3 Å². The van der Waals surface area contributed by atoms with E-state index in [-0.39, 0.29) is 0 Å². The molecule has 0 amide bonds. The van der Waals surface area contributed by atoms with Crippen molar-refractivity contribution in [2.45, 2.75) is 32.8 Å². The van der Waals surface area contributed by atoms with E-state index in [9.17, 15) is 5.11 Å². The number of hydrogen-bond donors (Lipinski definition) is 2. The lowest BCUT2D eigenvalue weighted by atomic mass is 10.0. The van der Waals surface area contributed by atoms with Gasteiger partial charge in [0.05, 0.1) is 25.9 Å². The molecule has 1 aromatic carbocycles. The Morgan fingerprint density at radius 1 is 1.20 bits per heavy atom. The summed E-state index contributed by atoms with van der Waals surface area (Å²) in [4.78, 5) is 0. The quantitative estimate of drug-likeness (QED) is 0.647. The molecule has 0 fully saturated rings. The van der Waals surface area contributed by atoms with Crippen molar-refractivity contribution >= 4 is 5.69 Å². The zero-order chi connectivity index (χ0) is 14.8. The van der Waals surface area contributed by atoms with Crippen LogP contribution in [0.1, 0.15) is 32.3 Å². The summed E-state index contributed by atoms with van der Waals surface area (Å²) in [5, 5.41) is 13.0. The van der Waals surface area contributed by atoms with E-state index in [0.29, 0.717) is 38.9 Å². The average Bonchev–Trinajstić information content (AvgIpc) is 2.45. The fraction of sp³-hybridized carbons (Fsp3) is 0.625. The zero-order valence-electron chi connectivity index (χ0n) is 12.8. The molecule has 0 aromatic heterocycles. The maximum Gasteiger partial charge on any atom is 0.0945 e. The number of aliphatic hydroxyl groups is 1. The summed E-state index contributed by atoms with van der Waals surface area (Å²) in [6.07, 6.45) is -0.515. The van der Waals surface area contributed by atoms with Crippen LogP contribution in [-0.4, -0.2) is 44.2 Å². The van der Waals surface area contributed by atoms with Crippen LogP contribution in [0.5, 0.6) is 0 Å². The second-order valence-electron chi connectivity index (χ2n) is 5.09. The SMILES string of the molecule is CCOCCOCC(O)CNc1cccc(C(C)C)c1. The molecular weight excluding hydrogens is 254 g/mol. The van der Waals surface area contributed by atoms with Crippen LogP contribution in [-0.2, 0) is 9.47 Å². The molecule has 0 radical (unpaired) electrons. The van der Waals surface area contributed by atoms with Crippen molar-refractivity contribution in [1.29, 1.82) is 0 Å². The number of anilines is 1. The van der Waals surface area contributed by atoms with Gasteiger partial charge in [-0.2, -0.15) is 0 Å². The van der Waals surface area contributed by atoms with Crippen molar-refractivity contribution in [1.82, 2.24) is 0 Å². The average molecular weight is 281 g/mol. The molecule has 0 aliphatic rings. The lowest BCUT2D eigenvalue weighted by molar-refractivity contribution is 0.0103. The van der Waals surface area contributed by atoms with E-state index >= 15 is 0 Å². The van der Waals surface area contributed by atoms with Gasteiger partial charge in [-0.3, -0.25) is 0 Å². The van der Waals surface area contributed by atoms with Gasteiger partial charge in [-0.1, -0.05) is 26.0 Å². The highest BCUT2D eigenvalue weighted by Gasteiger charge is 2.05. The molecule has 0 bridgehead atoms. The van der Waals surface area contributed by atoms with E-state index in [1.807, 2.05) is 19.1 Å². The molecule has 4 nitrogen and oxygen atoms in total. The highest BCUT2D eigenvalue weighted by Crippen LogP contribution is 2.18. The smallest absolute Gasteiger partial charge is 0.0945 e. The van der Waals surface area contributed by atoms with Gasteiger partial charge in [-0.25, -0.2) is 0 Å². The topological polar surface area (TPSA) is 50.7 Å². The predicted molar refractivity (Wildman–Crippen MR) is 82.3 cm³/mol. The summed E-state index contributed by atoms with van der Waals surface area (Å²) in [7, 11) is 0. The van der Waals surface area contributed by atoms with Crippen molar-refractivity contribution < 1.29 is 14.6 Å². The van der Waals surface area contributed by atoms with Gasteiger partial charge in [0.15, 0.2) is 0 Å². The molecule has 20 heavy (non-hydrogen) atoms. The van der Waals surface area contributed by atoms with Crippen molar-refractivity contribution in [2.24, 2.45) is 0 Å². The summed E-state index contributed by atoms with van der Waals surface area (Å²) in [5.74, 6) is 0.503. The Hall–Kier alpha value is -1.10. The summed E-state index contributed by atoms with van der Waals surface area (Å²) >= 11 is 0. The minimum atomic E-state index is -0.515. The van der Waals surface area contributed by atoms with Crippen molar-refractivity contribution in [2.75, 3.05) is 38.3 Å². The Balaban J connectivity index is 2.23. The number of ether oxygens (including phenoxy) is 2. The first-order valence-electron chi connectivity index (χ1n) is 7.30. The van der Waals surface area contributed by atoms with Crippen LogP contribution < -0.4 is 5.32 Å². The van der Waals surface area contributed by atoms with Crippen molar-refractivity contribution in [3.05, 3.63) is 29.8 Å². The number of nitrogens with one attached hydrogen (secondary N) is 1. The maximum absolute atomic E-state index is 9.82. The normalized spacial score (nSPS) is 12.7. The molecule has 2 N–H and O–H groups in total. The van der Waals surface area contributed by atoms with E-state index < -0.39 is 6.10 Å². The van der Waals surface area contributed by atoms with Crippen molar-refractivity contribution in [3.63, 3.8) is 0 Å². The highest BCUT2D eigenvalue weighted by atomic mass is 16.5. The fourth-order valence-electron chi connectivity index (χ4n) is 1.78. The maximum atomic E-state index is 9.82. The van der Waals surface area contributed by atoms with E-state index in [1.54, 1.807) is 0 Å². The minimum Gasteiger partial charge on any atom is -0.389 e. The number of rotatable bonds is 10. The van der Waals surface area contributed by atoms with Gasteiger partial charge in [-0.05, 0) is 30.5 Å². The number of aliphatic hydroxyl groups excluding tert-OH is 1. The minimum absolute atomic E-state index is 0.323. The first kappa shape index (κ1) is 17.0. The Labute approximate surface area is 122 Å². The van der Waals surface area contributed by atoms with Gasteiger partial charge in [0.25, 0.3) is 0 Å². The van der Waals surface area contributed by atoms with E-state index in [4.69, 9.17) is 9.47 Å². The second kappa shape index (κ2) is 9.75. The molecule has 114 valence electrons. The summed E-state index contributed by atoms with van der Waals surface area (Å²) in [6.45, 7) is 8.88. The van der Waals surface area contributed by atoms with Gasteiger partial charge in [0, 0.05) is 18.8 Å². The monoisotopic (exact) mass is 281 g/mol. The van der Waals surface area contributed by atoms with Gasteiger partial charge >= 0.3 is 0 Å². The Morgan fingerprint density at radius 2 is 1.95 bits per heavy atom. The molecule has 1 aromatic rings. The third kappa shape index (κ3) is 6.89. The lowest BCUT2D eigenvalue weighted by Gasteiger charge is -2.14. The first-order valence-corrected chi connectivity index (χ1v) is 7.30. The molecule has 1 unspecified atom stereocenters. The zero-order valence-corrected chi connectivity index (χ0v) is 12.8. The first-order chi connectivity index (χ1) is 9.63. The van der Waals surface area contributed by atoms with E-state index in [1.165, 1.54) is 5.56 Å². The van der Waals surface area contributed by atoms with Crippen LogP contribution in [0.3, 0.4) is 0 Å². The summed E-state index contributed by atoms with van der Waals surface area (Å²) in [5.41, 5.74) is 2.32. The molecule has 0 saturated carbocycles.